The summed E-state index contributed by atoms with van der Waals surface area (Å²) in [5, 5.41) is 2.50. The number of hydrogen-bond donors (Lipinski definition) is 2. The molecule has 0 fully saturated rings. The summed E-state index contributed by atoms with van der Waals surface area (Å²) in [6, 6.07) is 15.1. The highest BCUT2D eigenvalue weighted by Crippen LogP contribution is 2.36. The van der Waals surface area contributed by atoms with Crippen molar-refractivity contribution < 1.29 is 28.2 Å². The number of thiophene rings is 1. The standard InChI is InChI=1S/C27H23FN4O5S2/c1-15(26(35)36-2)32(27(38)31-23(33)12-16-6-4-3-5-7-16)17-8-9-20(18(28)13-17)37-21-10-11-30-19-14-22(25(29)34)39-24(19)21/h3-11,13-15H,12H2,1-2H3,(H2,29,34)(H,31,33,38). The fourth-order valence-corrected chi connectivity index (χ4v) is 5.05. The fraction of sp³-hybridized carbons (Fsp3) is 0.148. The highest BCUT2D eigenvalue weighted by Gasteiger charge is 2.28. The molecule has 2 heterocycles. The number of rotatable bonds is 8. The number of esters is 1. The van der Waals surface area contributed by atoms with Crippen LogP contribution in [0.15, 0.2) is 66.9 Å². The number of carbonyl (C=O) groups excluding carboxylic acids is 3. The van der Waals surface area contributed by atoms with Crippen LogP contribution in [0.2, 0.25) is 0 Å². The zero-order valence-electron chi connectivity index (χ0n) is 20.8. The van der Waals surface area contributed by atoms with E-state index in [1.54, 1.807) is 18.2 Å². The summed E-state index contributed by atoms with van der Waals surface area (Å²) in [5.41, 5.74) is 6.82. The largest absolute Gasteiger partial charge is 0.467 e. The van der Waals surface area contributed by atoms with Crippen LogP contribution in [-0.4, -0.2) is 41.0 Å². The van der Waals surface area contributed by atoms with E-state index in [0.717, 1.165) is 23.0 Å². The lowest BCUT2D eigenvalue weighted by molar-refractivity contribution is -0.141. The normalized spacial score (nSPS) is 11.5. The van der Waals surface area contributed by atoms with Gasteiger partial charge >= 0.3 is 5.97 Å². The molecule has 0 aliphatic rings. The van der Waals surface area contributed by atoms with Gasteiger partial charge in [-0.05, 0) is 42.9 Å². The maximum atomic E-state index is 15.3. The first kappa shape index (κ1) is 27.6. The Balaban J connectivity index is 1.59. The summed E-state index contributed by atoms with van der Waals surface area (Å²) >= 11 is 6.52. The Morgan fingerprint density at radius 2 is 1.87 bits per heavy atom. The molecular formula is C27H23FN4O5S2. The van der Waals surface area contributed by atoms with Crippen LogP contribution in [-0.2, 0) is 20.7 Å². The van der Waals surface area contributed by atoms with E-state index in [-0.39, 0.29) is 28.7 Å². The Kier molecular flexibility index (Phi) is 8.47. The molecule has 0 aliphatic heterocycles. The predicted molar refractivity (Wildman–Crippen MR) is 149 cm³/mol. The van der Waals surface area contributed by atoms with E-state index in [1.807, 2.05) is 18.2 Å². The number of nitrogens with one attached hydrogen (secondary N) is 1. The summed E-state index contributed by atoms with van der Waals surface area (Å²) < 4.78 is 26.5. The average Bonchev–Trinajstić information content (AvgIpc) is 3.36. The Morgan fingerprint density at radius 1 is 1.13 bits per heavy atom. The van der Waals surface area contributed by atoms with Gasteiger partial charge in [-0.25, -0.2) is 9.18 Å². The Hall–Kier alpha value is -4.42. The van der Waals surface area contributed by atoms with Crippen molar-refractivity contribution in [3.63, 3.8) is 0 Å². The fourth-order valence-electron chi connectivity index (χ4n) is 3.76. The van der Waals surface area contributed by atoms with Gasteiger partial charge in [0.2, 0.25) is 5.91 Å². The zero-order chi connectivity index (χ0) is 28.1. The molecule has 2 amide bonds. The number of amides is 2. The molecule has 0 saturated carbocycles. The Labute approximate surface area is 232 Å². The SMILES string of the molecule is COC(=O)C(C)N(C(=S)NC(=O)Cc1ccccc1)c1ccc(Oc2ccnc3cc(C(N)=O)sc23)c(F)c1. The lowest BCUT2D eigenvalue weighted by Crippen LogP contribution is -2.50. The van der Waals surface area contributed by atoms with Gasteiger partial charge in [-0.2, -0.15) is 0 Å². The molecule has 1 unspecified atom stereocenters. The summed E-state index contributed by atoms with van der Waals surface area (Å²) in [4.78, 5) is 42.3. The van der Waals surface area contributed by atoms with E-state index in [9.17, 15) is 14.4 Å². The van der Waals surface area contributed by atoms with Gasteiger partial charge in [0.1, 0.15) is 11.8 Å². The molecule has 0 saturated heterocycles. The predicted octanol–water partition coefficient (Wildman–Crippen LogP) is 4.34. The van der Waals surface area contributed by atoms with Crippen LogP contribution >= 0.6 is 23.6 Å². The third kappa shape index (κ3) is 6.36. The molecule has 2 aromatic heterocycles. The second-order valence-corrected chi connectivity index (χ2v) is 9.74. The highest BCUT2D eigenvalue weighted by molar-refractivity contribution is 7.80. The first-order chi connectivity index (χ1) is 18.7. The first-order valence-corrected chi connectivity index (χ1v) is 12.8. The van der Waals surface area contributed by atoms with Crippen molar-refractivity contribution in [1.82, 2.24) is 10.3 Å². The lowest BCUT2D eigenvalue weighted by Gasteiger charge is -2.30. The van der Waals surface area contributed by atoms with Crippen LogP contribution in [0.1, 0.15) is 22.2 Å². The summed E-state index contributed by atoms with van der Waals surface area (Å²) in [7, 11) is 1.22. The van der Waals surface area contributed by atoms with E-state index in [2.05, 4.69) is 10.3 Å². The molecule has 4 aromatic rings. The Morgan fingerprint density at radius 3 is 2.54 bits per heavy atom. The Bertz CT molecular complexity index is 1560. The van der Waals surface area contributed by atoms with Crippen LogP contribution in [0.3, 0.4) is 0 Å². The number of nitrogens with zero attached hydrogens (tertiary/aromatic N) is 2. The number of pyridine rings is 1. The molecule has 2 aromatic carbocycles. The molecule has 200 valence electrons. The number of benzene rings is 2. The quantitative estimate of drug-likeness (QED) is 0.239. The molecule has 0 radical (unpaired) electrons. The van der Waals surface area contributed by atoms with Gasteiger partial charge in [-0.3, -0.25) is 14.6 Å². The number of aromatic nitrogens is 1. The number of fused-ring (bicyclic) bond motifs is 1. The number of nitrogens with two attached hydrogens (primary N) is 1. The third-order valence-corrected chi connectivity index (χ3v) is 7.09. The van der Waals surface area contributed by atoms with Crippen LogP contribution < -0.4 is 20.7 Å². The first-order valence-electron chi connectivity index (χ1n) is 11.6. The maximum absolute atomic E-state index is 15.3. The van der Waals surface area contributed by atoms with Gasteiger partial charge in [0.25, 0.3) is 5.91 Å². The second kappa shape index (κ2) is 12.0. The number of halogens is 1. The van der Waals surface area contributed by atoms with E-state index >= 15 is 4.39 Å². The van der Waals surface area contributed by atoms with Crippen molar-refractivity contribution in [2.45, 2.75) is 19.4 Å². The molecule has 12 heteroatoms. The van der Waals surface area contributed by atoms with Gasteiger partial charge < -0.3 is 25.4 Å². The molecule has 0 bridgehead atoms. The van der Waals surface area contributed by atoms with Crippen molar-refractivity contribution in [2.24, 2.45) is 5.73 Å². The van der Waals surface area contributed by atoms with Crippen LogP contribution in [0.25, 0.3) is 10.2 Å². The molecule has 0 spiro atoms. The molecule has 9 nitrogen and oxygen atoms in total. The summed E-state index contributed by atoms with van der Waals surface area (Å²) in [5.74, 6) is -2.24. The molecule has 1 atom stereocenters. The van der Waals surface area contributed by atoms with E-state index in [4.69, 9.17) is 27.4 Å². The molecule has 3 N–H and O–H groups in total. The number of thiocarbonyl (C=S) groups is 1. The van der Waals surface area contributed by atoms with Gasteiger partial charge in [-0.1, -0.05) is 30.3 Å². The van der Waals surface area contributed by atoms with Crippen molar-refractivity contribution >= 4 is 62.4 Å². The number of methoxy groups -OCH3 is 1. The van der Waals surface area contributed by atoms with Crippen LogP contribution in [0.5, 0.6) is 11.5 Å². The monoisotopic (exact) mass is 566 g/mol. The van der Waals surface area contributed by atoms with E-state index in [0.29, 0.717) is 15.1 Å². The summed E-state index contributed by atoms with van der Waals surface area (Å²) in [6.45, 7) is 1.52. The highest BCUT2D eigenvalue weighted by atomic mass is 32.1. The second-order valence-electron chi connectivity index (χ2n) is 8.30. The zero-order valence-corrected chi connectivity index (χ0v) is 22.5. The van der Waals surface area contributed by atoms with Crippen molar-refractivity contribution in [2.75, 3.05) is 12.0 Å². The number of ether oxygens (including phenoxy) is 2. The van der Waals surface area contributed by atoms with Crippen LogP contribution in [0.4, 0.5) is 10.1 Å². The minimum absolute atomic E-state index is 0.0587. The van der Waals surface area contributed by atoms with Gasteiger partial charge in [0.05, 0.1) is 28.6 Å². The number of carbonyl (C=O) groups is 3. The minimum atomic E-state index is -0.983. The van der Waals surface area contributed by atoms with Gasteiger partial charge in [0, 0.05) is 24.0 Å². The molecule has 4 rings (SSSR count). The van der Waals surface area contributed by atoms with E-state index < -0.39 is 29.6 Å². The van der Waals surface area contributed by atoms with Crippen molar-refractivity contribution in [3.05, 3.63) is 83.1 Å². The van der Waals surface area contributed by atoms with E-state index in [1.165, 1.54) is 43.3 Å². The van der Waals surface area contributed by atoms with Crippen LogP contribution in [0, 0.1) is 5.82 Å². The molecular weight excluding hydrogens is 543 g/mol. The smallest absolute Gasteiger partial charge is 0.328 e. The maximum Gasteiger partial charge on any atom is 0.328 e. The number of anilines is 1. The lowest BCUT2D eigenvalue weighted by atomic mass is 10.1. The average molecular weight is 567 g/mol. The minimum Gasteiger partial charge on any atom is -0.467 e. The van der Waals surface area contributed by atoms with Gasteiger partial charge in [-0.15, -0.1) is 11.3 Å². The van der Waals surface area contributed by atoms with Gasteiger partial charge in [0.15, 0.2) is 16.7 Å². The summed E-state index contributed by atoms with van der Waals surface area (Å²) in [6.07, 6.45) is 1.53. The molecule has 39 heavy (non-hydrogen) atoms. The third-order valence-electron chi connectivity index (χ3n) is 5.63. The van der Waals surface area contributed by atoms with Crippen molar-refractivity contribution in [3.8, 4) is 11.5 Å². The number of primary amides is 1. The van der Waals surface area contributed by atoms with Crippen molar-refractivity contribution in [1.29, 1.82) is 0 Å². The topological polar surface area (TPSA) is 124 Å². The number of hydrogen-bond acceptors (Lipinski definition) is 8. The molecule has 0 aliphatic carbocycles.